The maximum absolute atomic E-state index is 5.92. The molecule has 0 atom stereocenters. The highest BCUT2D eigenvalue weighted by Gasteiger charge is 2.08. The van der Waals surface area contributed by atoms with Crippen molar-refractivity contribution >= 4 is 45.7 Å². The molecule has 0 spiro atoms. The third kappa shape index (κ3) is 1.09. The molecule has 1 radical (unpaired) electrons. The van der Waals surface area contributed by atoms with Gasteiger partial charge in [-0.05, 0) is 12.1 Å². The molecule has 0 aliphatic rings. The second kappa shape index (κ2) is 2.84. The van der Waals surface area contributed by atoms with E-state index in [1.54, 1.807) is 6.07 Å². The van der Waals surface area contributed by atoms with Crippen LogP contribution in [0.25, 0.3) is 10.9 Å². The molecule has 12 heavy (non-hydrogen) atoms. The van der Waals surface area contributed by atoms with Crippen LogP contribution >= 0.6 is 34.8 Å². The largest absolute Gasteiger partial charge is 0.352 e. The number of halogens is 3. The van der Waals surface area contributed by atoms with E-state index in [4.69, 9.17) is 34.8 Å². The van der Waals surface area contributed by atoms with Crippen molar-refractivity contribution in [1.29, 1.82) is 0 Å². The third-order valence-corrected chi connectivity index (χ3v) is 2.71. The standard InChI is InChI=1S/C8H3Cl3N/c9-4-1-2-6-7(8(4)11)5(10)3-12-6/h1-2,12H. The quantitative estimate of drug-likeness (QED) is 0.691. The fourth-order valence-corrected chi connectivity index (χ4v) is 1.76. The molecule has 0 unspecified atom stereocenters. The second-order valence-electron chi connectivity index (χ2n) is 2.35. The van der Waals surface area contributed by atoms with Crippen molar-refractivity contribution in [3.8, 4) is 0 Å². The fraction of sp³-hybridized carbons (Fsp3) is 0. The summed E-state index contributed by atoms with van der Waals surface area (Å²) in [6.07, 6.45) is 2.74. The molecule has 61 valence electrons. The molecular formula is C8H3Cl3N. The Morgan fingerprint density at radius 2 is 1.92 bits per heavy atom. The average molecular weight is 219 g/mol. The lowest BCUT2D eigenvalue weighted by atomic mass is 10.2. The predicted octanol–water partition coefficient (Wildman–Crippen LogP) is 3.93. The van der Waals surface area contributed by atoms with E-state index < -0.39 is 0 Å². The minimum Gasteiger partial charge on any atom is -0.352 e. The summed E-state index contributed by atoms with van der Waals surface area (Å²) in [6, 6.07) is 3.53. The van der Waals surface area contributed by atoms with Crippen molar-refractivity contribution in [3.05, 3.63) is 33.4 Å². The highest BCUT2D eigenvalue weighted by Crippen LogP contribution is 2.34. The molecule has 0 saturated heterocycles. The lowest BCUT2D eigenvalue weighted by Crippen LogP contribution is -1.71. The zero-order valence-electron chi connectivity index (χ0n) is 5.79. The molecule has 2 aromatic rings. The number of aromatic nitrogens is 1. The Hall–Kier alpha value is -0.370. The van der Waals surface area contributed by atoms with Crippen molar-refractivity contribution in [3.63, 3.8) is 0 Å². The minimum absolute atomic E-state index is 0.469. The Bertz CT molecular complexity index is 433. The molecule has 2 rings (SSSR count). The first-order valence-corrected chi connectivity index (χ1v) is 4.36. The molecule has 1 aromatic carbocycles. The Morgan fingerprint density at radius 3 is 2.67 bits per heavy atom. The van der Waals surface area contributed by atoms with Crippen LogP contribution in [0.3, 0.4) is 0 Å². The first kappa shape index (κ1) is 8.24. The molecule has 1 N–H and O–H groups in total. The molecule has 0 aliphatic heterocycles. The van der Waals surface area contributed by atoms with Gasteiger partial charge in [-0.25, -0.2) is 0 Å². The first-order chi connectivity index (χ1) is 5.70. The van der Waals surface area contributed by atoms with Crippen LogP contribution in [-0.2, 0) is 0 Å². The van der Waals surface area contributed by atoms with Crippen molar-refractivity contribution in [2.45, 2.75) is 0 Å². The maximum Gasteiger partial charge on any atom is 0.0836 e. The van der Waals surface area contributed by atoms with E-state index in [0.717, 1.165) is 10.9 Å². The molecule has 1 aromatic heterocycles. The number of nitrogens with one attached hydrogen (secondary N) is 1. The van der Waals surface area contributed by atoms with Gasteiger partial charge in [0.1, 0.15) is 0 Å². The van der Waals surface area contributed by atoms with Gasteiger partial charge in [0.2, 0.25) is 0 Å². The van der Waals surface area contributed by atoms with E-state index >= 15 is 0 Å². The van der Waals surface area contributed by atoms with Gasteiger partial charge in [-0.3, -0.25) is 0 Å². The summed E-state index contributed by atoms with van der Waals surface area (Å²) in [5.74, 6) is 0. The third-order valence-electron chi connectivity index (χ3n) is 1.62. The van der Waals surface area contributed by atoms with E-state index in [-0.39, 0.29) is 0 Å². The first-order valence-electron chi connectivity index (χ1n) is 3.23. The average Bonchev–Trinajstić information content (AvgIpc) is 2.41. The summed E-state index contributed by atoms with van der Waals surface area (Å²) in [7, 11) is 0. The van der Waals surface area contributed by atoms with Gasteiger partial charge in [0, 0.05) is 10.9 Å². The van der Waals surface area contributed by atoms with Gasteiger partial charge >= 0.3 is 0 Å². The van der Waals surface area contributed by atoms with Gasteiger partial charge in [0.15, 0.2) is 0 Å². The Balaban J connectivity index is 2.96. The van der Waals surface area contributed by atoms with E-state index in [1.165, 1.54) is 0 Å². The molecule has 0 aliphatic carbocycles. The van der Waals surface area contributed by atoms with Crippen LogP contribution in [0.5, 0.6) is 0 Å². The Kier molecular flexibility index (Phi) is 1.95. The minimum atomic E-state index is 0.469. The van der Waals surface area contributed by atoms with Crippen LogP contribution in [0.4, 0.5) is 0 Å². The molecule has 0 saturated carbocycles. The summed E-state index contributed by atoms with van der Waals surface area (Å²) in [5.41, 5.74) is 0.842. The molecular weight excluding hydrogens is 216 g/mol. The van der Waals surface area contributed by atoms with E-state index in [9.17, 15) is 0 Å². The lowest BCUT2D eigenvalue weighted by Gasteiger charge is -1.96. The summed E-state index contributed by atoms with van der Waals surface area (Å²) in [6.45, 7) is 0. The van der Waals surface area contributed by atoms with Gasteiger partial charge < -0.3 is 4.98 Å². The second-order valence-corrected chi connectivity index (χ2v) is 3.51. The zero-order valence-corrected chi connectivity index (χ0v) is 8.06. The number of H-pyrrole nitrogens is 1. The highest BCUT2D eigenvalue weighted by molar-refractivity contribution is 6.48. The number of aromatic amines is 1. The highest BCUT2D eigenvalue weighted by atomic mass is 35.5. The molecule has 4 heteroatoms. The number of rotatable bonds is 0. The summed E-state index contributed by atoms with van der Waals surface area (Å²) in [5, 5.41) is 2.17. The zero-order chi connectivity index (χ0) is 8.72. The van der Waals surface area contributed by atoms with Crippen molar-refractivity contribution in [2.75, 3.05) is 0 Å². The van der Waals surface area contributed by atoms with Crippen LogP contribution in [0.2, 0.25) is 15.1 Å². The van der Waals surface area contributed by atoms with E-state index in [0.29, 0.717) is 15.1 Å². The normalized spacial score (nSPS) is 10.9. The van der Waals surface area contributed by atoms with Gasteiger partial charge in [0.05, 0.1) is 21.3 Å². The van der Waals surface area contributed by atoms with Crippen LogP contribution < -0.4 is 0 Å². The molecule has 1 heterocycles. The van der Waals surface area contributed by atoms with Crippen molar-refractivity contribution < 1.29 is 0 Å². The molecule has 1 nitrogen and oxygen atoms in total. The summed E-state index contributed by atoms with van der Waals surface area (Å²) >= 11 is 17.5. The van der Waals surface area contributed by atoms with Gasteiger partial charge in [-0.15, -0.1) is 0 Å². The van der Waals surface area contributed by atoms with Crippen molar-refractivity contribution in [2.24, 2.45) is 0 Å². The monoisotopic (exact) mass is 218 g/mol. The fourth-order valence-electron chi connectivity index (χ4n) is 1.05. The number of benzene rings is 1. The van der Waals surface area contributed by atoms with Gasteiger partial charge in [-0.1, -0.05) is 34.8 Å². The number of hydrogen-bond acceptors (Lipinski definition) is 0. The Labute approximate surface area is 84.2 Å². The maximum atomic E-state index is 5.92. The molecule has 0 bridgehead atoms. The SMILES string of the molecule is Clc1ccc2[nH][c]c(Cl)c2c1Cl. The smallest absolute Gasteiger partial charge is 0.0836 e. The van der Waals surface area contributed by atoms with Crippen LogP contribution in [-0.4, -0.2) is 4.98 Å². The van der Waals surface area contributed by atoms with Gasteiger partial charge in [-0.2, -0.15) is 0 Å². The molecule has 0 fully saturated rings. The summed E-state index contributed by atoms with van der Waals surface area (Å²) < 4.78 is 0. The van der Waals surface area contributed by atoms with Crippen LogP contribution in [0.15, 0.2) is 12.1 Å². The van der Waals surface area contributed by atoms with E-state index in [1.807, 2.05) is 6.07 Å². The van der Waals surface area contributed by atoms with Gasteiger partial charge in [0.25, 0.3) is 0 Å². The van der Waals surface area contributed by atoms with E-state index in [2.05, 4.69) is 11.2 Å². The van der Waals surface area contributed by atoms with Crippen LogP contribution in [0.1, 0.15) is 0 Å². The number of hydrogen-bond donors (Lipinski definition) is 1. The predicted molar refractivity (Wildman–Crippen MR) is 52.2 cm³/mol. The summed E-state index contributed by atoms with van der Waals surface area (Å²) in [4.78, 5) is 2.86. The lowest BCUT2D eigenvalue weighted by molar-refractivity contribution is 1.46. The van der Waals surface area contributed by atoms with Crippen LogP contribution in [0, 0.1) is 6.20 Å². The molecule has 0 amide bonds. The Morgan fingerprint density at radius 1 is 1.17 bits per heavy atom. The topological polar surface area (TPSA) is 15.8 Å². The number of fused-ring (bicyclic) bond motifs is 1. The van der Waals surface area contributed by atoms with Crippen molar-refractivity contribution in [1.82, 2.24) is 4.98 Å².